The van der Waals surface area contributed by atoms with E-state index < -0.39 is 11.7 Å². The Morgan fingerprint density at radius 2 is 1.79 bits per heavy atom. The topological polar surface area (TPSA) is 94.7 Å². The smallest absolute Gasteiger partial charge is 0.241 e. The second-order valence-corrected chi connectivity index (χ2v) is 8.26. The van der Waals surface area contributed by atoms with E-state index in [0.29, 0.717) is 27.9 Å². The second kappa shape index (κ2) is 9.72. The van der Waals surface area contributed by atoms with E-state index in [1.54, 1.807) is 12.1 Å². The van der Waals surface area contributed by atoms with Gasteiger partial charge in [-0.3, -0.25) is 4.79 Å². The van der Waals surface area contributed by atoms with Gasteiger partial charge in [0.2, 0.25) is 5.91 Å². The van der Waals surface area contributed by atoms with E-state index >= 15 is 0 Å². The van der Waals surface area contributed by atoms with Crippen LogP contribution in [0.2, 0.25) is 0 Å². The molecule has 34 heavy (non-hydrogen) atoms. The van der Waals surface area contributed by atoms with Gasteiger partial charge in [0.25, 0.3) is 0 Å². The number of amides is 1. The van der Waals surface area contributed by atoms with Gasteiger partial charge in [-0.05, 0) is 61.6 Å². The lowest BCUT2D eigenvalue weighted by Gasteiger charge is -2.11. The molecule has 0 fully saturated rings. The van der Waals surface area contributed by atoms with Crippen molar-refractivity contribution in [3.63, 3.8) is 0 Å². The molecule has 0 radical (unpaired) electrons. The zero-order chi connectivity index (χ0) is 24.2. The summed E-state index contributed by atoms with van der Waals surface area (Å²) in [4.78, 5) is 20.8. The number of aromatic nitrogens is 1. The number of nitrogens with two attached hydrogens (primary N) is 1. The molecule has 172 valence electrons. The summed E-state index contributed by atoms with van der Waals surface area (Å²) in [6.07, 6.45) is 2.91. The van der Waals surface area contributed by atoms with Gasteiger partial charge in [-0.1, -0.05) is 36.4 Å². The van der Waals surface area contributed by atoms with E-state index in [1.807, 2.05) is 62.6 Å². The van der Waals surface area contributed by atoms with Gasteiger partial charge < -0.3 is 20.7 Å². The van der Waals surface area contributed by atoms with Crippen LogP contribution in [0, 0.1) is 5.82 Å². The number of aromatic amines is 1. The number of aliphatic imine (C=N–C) groups is 1. The van der Waals surface area contributed by atoms with Crippen LogP contribution in [-0.4, -0.2) is 40.7 Å². The average Bonchev–Trinajstić information content (AvgIpc) is 3.11. The first-order valence-electron chi connectivity index (χ1n) is 10.7. The highest BCUT2D eigenvalue weighted by molar-refractivity contribution is 6.21. The minimum Gasteiger partial charge on any atom is -0.494 e. The number of nitrogens with one attached hydrogen (secondary N) is 1. The summed E-state index contributed by atoms with van der Waals surface area (Å²) in [5.74, 6) is -1.03. The number of aromatic hydroxyl groups is 1. The normalized spacial score (nSPS) is 12.2. The number of halogens is 1. The highest BCUT2D eigenvalue weighted by Crippen LogP contribution is 2.32. The Morgan fingerprint density at radius 3 is 2.44 bits per heavy atom. The predicted octanol–water partition coefficient (Wildman–Crippen LogP) is 4.74. The van der Waals surface area contributed by atoms with Crippen LogP contribution in [0.1, 0.15) is 22.3 Å². The summed E-state index contributed by atoms with van der Waals surface area (Å²) >= 11 is 0. The van der Waals surface area contributed by atoms with Gasteiger partial charge in [-0.25, -0.2) is 9.38 Å². The van der Waals surface area contributed by atoms with Gasteiger partial charge >= 0.3 is 0 Å². The maximum absolute atomic E-state index is 13.8. The van der Waals surface area contributed by atoms with Crippen LogP contribution in [0.15, 0.2) is 77.8 Å². The fourth-order valence-electron chi connectivity index (χ4n) is 3.76. The lowest BCUT2D eigenvalue weighted by molar-refractivity contribution is -0.113. The maximum atomic E-state index is 13.8. The minimum atomic E-state index is -0.528. The minimum absolute atomic E-state index is 0.0960. The molecule has 0 aliphatic rings. The van der Waals surface area contributed by atoms with Crippen LogP contribution >= 0.6 is 0 Å². The number of rotatable bonds is 7. The van der Waals surface area contributed by atoms with Crippen LogP contribution in [0.25, 0.3) is 17.0 Å². The maximum Gasteiger partial charge on any atom is 0.241 e. The van der Waals surface area contributed by atoms with Crippen LogP contribution < -0.4 is 5.73 Å². The zero-order valence-electron chi connectivity index (χ0n) is 18.9. The Kier molecular flexibility index (Phi) is 6.56. The van der Waals surface area contributed by atoms with E-state index in [1.165, 1.54) is 18.2 Å². The molecule has 4 N–H and O–H groups in total. The highest BCUT2D eigenvalue weighted by Gasteiger charge is 2.19. The molecule has 6 nitrogen and oxygen atoms in total. The quantitative estimate of drug-likeness (QED) is 0.277. The van der Waals surface area contributed by atoms with Crippen molar-refractivity contribution in [1.82, 2.24) is 9.88 Å². The van der Waals surface area contributed by atoms with E-state index in [9.17, 15) is 14.3 Å². The second-order valence-electron chi connectivity index (χ2n) is 8.26. The number of benzene rings is 3. The van der Waals surface area contributed by atoms with E-state index in [-0.39, 0.29) is 5.88 Å². The lowest BCUT2D eigenvalue weighted by Crippen LogP contribution is -2.10. The lowest BCUT2D eigenvalue weighted by atomic mass is 9.99. The van der Waals surface area contributed by atoms with Gasteiger partial charge in [0.15, 0.2) is 5.88 Å². The third-order valence-electron chi connectivity index (χ3n) is 5.28. The Hall–Kier alpha value is -4.23. The monoisotopic (exact) mass is 456 g/mol. The van der Waals surface area contributed by atoms with Crippen LogP contribution in [0.3, 0.4) is 0 Å². The first-order chi connectivity index (χ1) is 16.3. The number of hydrogen-bond acceptors (Lipinski definition) is 4. The molecule has 0 unspecified atom stereocenters. The SMILES string of the molecule is CN(C)Cc1ccc(N=C(c2ccc(C=CC(N)=O)cc2)c2c(O)[nH]c3cc(F)ccc23)cc1. The first-order valence-corrected chi connectivity index (χ1v) is 10.7. The molecule has 4 aromatic rings. The van der Waals surface area contributed by atoms with Crippen molar-refractivity contribution < 1.29 is 14.3 Å². The number of carbonyl (C=O) groups is 1. The average molecular weight is 457 g/mol. The molecule has 0 saturated carbocycles. The summed E-state index contributed by atoms with van der Waals surface area (Å²) in [5, 5.41) is 11.4. The molecule has 0 aliphatic heterocycles. The van der Waals surface area contributed by atoms with Crippen molar-refractivity contribution in [3.8, 4) is 5.88 Å². The fourth-order valence-corrected chi connectivity index (χ4v) is 3.76. The Bertz CT molecular complexity index is 1380. The van der Waals surface area contributed by atoms with Crippen molar-refractivity contribution in [2.24, 2.45) is 10.7 Å². The molecule has 0 atom stereocenters. The van der Waals surface area contributed by atoms with Crippen LogP contribution in [-0.2, 0) is 11.3 Å². The summed E-state index contributed by atoms with van der Waals surface area (Å²) in [6.45, 7) is 0.811. The number of nitrogens with zero attached hydrogens (tertiary/aromatic N) is 2. The van der Waals surface area contributed by atoms with Crippen molar-refractivity contribution in [1.29, 1.82) is 0 Å². The zero-order valence-corrected chi connectivity index (χ0v) is 18.9. The first kappa shape index (κ1) is 22.9. The van der Waals surface area contributed by atoms with Crippen molar-refractivity contribution in [2.45, 2.75) is 6.54 Å². The fraction of sp³-hybridized carbons (Fsp3) is 0.111. The highest BCUT2D eigenvalue weighted by atomic mass is 19.1. The molecule has 1 amide bonds. The number of H-pyrrole nitrogens is 1. The molecular weight excluding hydrogens is 431 g/mol. The van der Waals surface area contributed by atoms with Crippen LogP contribution in [0.4, 0.5) is 10.1 Å². The summed E-state index contributed by atoms with van der Waals surface area (Å²) in [5.41, 5.74) is 10.1. The molecular formula is C27H25FN4O2. The molecule has 0 spiro atoms. The molecule has 1 heterocycles. The van der Waals surface area contributed by atoms with E-state index in [4.69, 9.17) is 10.7 Å². The Labute approximate surface area is 196 Å². The Balaban J connectivity index is 1.83. The number of carbonyl (C=O) groups excluding carboxylic acids is 1. The van der Waals surface area contributed by atoms with Crippen molar-refractivity contribution >= 4 is 34.3 Å². The van der Waals surface area contributed by atoms with Crippen LogP contribution in [0.5, 0.6) is 5.88 Å². The molecule has 3 aromatic carbocycles. The third-order valence-corrected chi connectivity index (χ3v) is 5.28. The van der Waals surface area contributed by atoms with Gasteiger partial charge in [-0.2, -0.15) is 0 Å². The Morgan fingerprint density at radius 1 is 1.09 bits per heavy atom. The van der Waals surface area contributed by atoms with Gasteiger partial charge in [0.05, 0.1) is 22.5 Å². The molecule has 0 bridgehead atoms. The van der Waals surface area contributed by atoms with Gasteiger partial charge in [-0.15, -0.1) is 0 Å². The van der Waals surface area contributed by atoms with Crippen molar-refractivity contribution in [3.05, 3.63) is 101 Å². The molecule has 1 aromatic heterocycles. The summed E-state index contributed by atoms with van der Waals surface area (Å²) < 4.78 is 13.8. The summed E-state index contributed by atoms with van der Waals surface area (Å²) in [7, 11) is 4.02. The van der Waals surface area contributed by atoms with Gasteiger partial charge in [0, 0.05) is 23.6 Å². The largest absolute Gasteiger partial charge is 0.494 e. The van der Waals surface area contributed by atoms with Gasteiger partial charge in [0.1, 0.15) is 5.82 Å². The summed E-state index contributed by atoms with van der Waals surface area (Å²) in [6, 6.07) is 19.5. The molecule has 0 aliphatic carbocycles. The molecule has 7 heteroatoms. The van der Waals surface area contributed by atoms with E-state index in [2.05, 4.69) is 9.88 Å². The number of primary amides is 1. The predicted molar refractivity (Wildman–Crippen MR) is 134 cm³/mol. The molecule has 4 rings (SSSR count). The number of fused-ring (bicyclic) bond motifs is 1. The van der Waals surface area contributed by atoms with E-state index in [0.717, 1.165) is 23.2 Å². The third kappa shape index (κ3) is 5.22. The standard InChI is InChI=1S/C27H25FN4O2/c1-32(2)16-18-5-11-21(12-6-18)30-26(19-8-3-17(4-9-19)7-14-24(29)33)25-22-13-10-20(28)15-23(22)31-27(25)34/h3-15,31,34H,16H2,1-2H3,(H2,29,33). The number of hydrogen-bond donors (Lipinski definition) is 3. The van der Waals surface area contributed by atoms with Crippen molar-refractivity contribution in [2.75, 3.05) is 14.1 Å². The molecule has 0 saturated heterocycles.